The molecular weight excluding hydrogens is 350 g/mol. The molecule has 0 bridgehead atoms. The molecule has 0 saturated heterocycles. The Labute approximate surface area is 156 Å². The maximum atomic E-state index is 11.6. The van der Waals surface area contributed by atoms with Gasteiger partial charge in [0.15, 0.2) is 0 Å². The molecule has 0 aliphatic heterocycles. The van der Waals surface area contributed by atoms with E-state index in [1.54, 1.807) is 23.7 Å². The summed E-state index contributed by atoms with van der Waals surface area (Å²) in [5.41, 5.74) is 8.84. The fourth-order valence-corrected chi connectivity index (χ4v) is 3.67. The number of thiophene rings is 1. The van der Waals surface area contributed by atoms with Crippen LogP contribution in [0.3, 0.4) is 0 Å². The number of fused-ring (bicyclic) bond motifs is 1. The molecule has 0 aliphatic carbocycles. The van der Waals surface area contributed by atoms with Crippen LogP contribution in [-0.2, 0) is 0 Å². The number of rotatable bonds is 3. The predicted octanol–water partition coefficient (Wildman–Crippen LogP) is 6.07. The van der Waals surface area contributed by atoms with Crippen LogP contribution in [0, 0.1) is 5.41 Å². The molecule has 1 aromatic heterocycles. The first-order chi connectivity index (χ1) is 12.1. The Balaban J connectivity index is 0.00000109. The van der Waals surface area contributed by atoms with E-state index >= 15 is 0 Å². The van der Waals surface area contributed by atoms with Gasteiger partial charge in [0.1, 0.15) is 0 Å². The van der Waals surface area contributed by atoms with Crippen molar-refractivity contribution in [2.75, 3.05) is 17.3 Å². The van der Waals surface area contributed by atoms with E-state index < -0.39 is 0 Å². The first-order valence-corrected chi connectivity index (χ1v) is 9.94. The third kappa shape index (κ3) is 4.21. The number of amides is 1. The van der Waals surface area contributed by atoms with Crippen molar-refractivity contribution in [3.8, 4) is 10.4 Å². The molecule has 1 heterocycles. The average molecular weight is 372 g/mol. The van der Waals surface area contributed by atoms with Crippen LogP contribution in [0.1, 0.15) is 19.4 Å². The van der Waals surface area contributed by atoms with E-state index in [0.29, 0.717) is 16.9 Å². The topological polar surface area (TPSA) is 79.0 Å². The molecule has 4 nitrogen and oxygen atoms in total. The van der Waals surface area contributed by atoms with E-state index in [1.807, 2.05) is 32.0 Å². The summed E-state index contributed by atoms with van der Waals surface area (Å²) >= 11 is 2.75. The summed E-state index contributed by atoms with van der Waals surface area (Å²) in [5.74, 6) is 0. The van der Waals surface area contributed by atoms with Gasteiger partial charge >= 0.3 is 0 Å². The number of hydrogen-bond donors (Lipinski definition) is 3. The minimum Gasteiger partial charge on any atom is -0.398 e. The molecule has 0 atom stereocenters. The molecule has 1 amide bonds. The van der Waals surface area contributed by atoms with E-state index in [1.165, 1.54) is 10.9 Å². The van der Waals surface area contributed by atoms with Gasteiger partial charge in [0.2, 0.25) is 0 Å². The van der Waals surface area contributed by atoms with Crippen molar-refractivity contribution < 1.29 is 4.79 Å². The highest BCUT2D eigenvalue weighted by Gasteiger charge is 2.13. The number of carbonyl (C=O) groups excluding carboxylic acids is 1. The van der Waals surface area contributed by atoms with Gasteiger partial charge in [-0.1, -0.05) is 43.8 Å². The molecular formula is C19H21N3OS2. The average Bonchev–Trinajstić information content (AvgIpc) is 3.08. The Bertz CT molecular complexity index is 870. The number of hydrogen-bond acceptors (Lipinski definition) is 5. The molecule has 0 unspecified atom stereocenters. The van der Waals surface area contributed by atoms with Gasteiger partial charge in [0, 0.05) is 38.3 Å². The van der Waals surface area contributed by atoms with E-state index in [0.717, 1.165) is 27.6 Å². The summed E-state index contributed by atoms with van der Waals surface area (Å²) in [6.45, 7) is 4.00. The second-order valence-corrected chi connectivity index (χ2v) is 6.80. The summed E-state index contributed by atoms with van der Waals surface area (Å²) in [7, 11) is 0. The van der Waals surface area contributed by atoms with Crippen LogP contribution < -0.4 is 11.1 Å². The summed E-state index contributed by atoms with van der Waals surface area (Å²) in [6.07, 6.45) is 2.93. The third-order valence-corrected chi connectivity index (χ3v) is 5.11. The molecule has 25 heavy (non-hydrogen) atoms. The van der Waals surface area contributed by atoms with Crippen LogP contribution in [0.2, 0.25) is 0 Å². The van der Waals surface area contributed by atoms with Gasteiger partial charge < -0.3 is 16.5 Å². The largest absolute Gasteiger partial charge is 0.398 e. The van der Waals surface area contributed by atoms with Crippen molar-refractivity contribution in [2.24, 2.45) is 0 Å². The quantitative estimate of drug-likeness (QED) is 0.386. The molecule has 2 aromatic carbocycles. The molecule has 0 radical (unpaired) electrons. The van der Waals surface area contributed by atoms with Crippen molar-refractivity contribution in [2.45, 2.75) is 13.8 Å². The zero-order valence-electron chi connectivity index (χ0n) is 14.4. The highest BCUT2D eigenvalue weighted by Crippen LogP contribution is 2.38. The molecule has 3 aromatic rings. The molecule has 0 fully saturated rings. The van der Waals surface area contributed by atoms with Crippen molar-refractivity contribution in [3.63, 3.8) is 0 Å². The lowest BCUT2D eigenvalue weighted by Crippen LogP contribution is -2.06. The van der Waals surface area contributed by atoms with Crippen molar-refractivity contribution in [1.82, 2.24) is 0 Å². The number of carbonyl (C=O) groups is 1. The van der Waals surface area contributed by atoms with Crippen molar-refractivity contribution >= 4 is 56.0 Å². The first-order valence-electron chi connectivity index (χ1n) is 7.90. The predicted molar refractivity (Wildman–Crippen MR) is 113 cm³/mol. The smallest absolute Gasteiger partial charge is 0.283 e. The number of nitrogens with one attached hydrogen (secondary N) is 2. The van der Waals surface area contributed by atoms with Crippen LogP contribution in [0.5, 0.6) is 0 Å². The number of nitrogens with two attached hydrogens (primary N) is 1. The fourth-order valence-electron chi connectivity index (χ4n) is 2.35. The minimum atomic E-state index is -0.145. The Kier molecular flexibility index (Phi) is 6.61. The lowest BCUT2D eigenvalue weighted by molar-refractivity contribution is 0.270. The lowest BCUT2D eigenvalue weighted by atomic mass is 10.0. The summed E-state index contributed by atoms with van der Waals surface area (Å²) in [4.78, 5) is 12.6. The van der Waals surface area contributed by atoms with Crippen LogP contribution in [0.15, 0.2) is 42.5 Å². The first kappa shape index (κ1) is 19.0. The second kappa shape index (κ2) is 8.69. The van der Waals surface area contributed by atoms with Gasteiger partial charge in [-0.3, -0.25) is 4.79 Å². The zero-order valence-corrected chi connectivity index (χ0v) is 16.1. The second-order valence-electron chi connectivity index (χ2n) is 4.94. The number of anilines is 2. The Morgan fingerprint density at radius 3 is 2.60 bits per heavy atom. The molecule has 4 N–H and O–H groups in total. The third-order valence-electron chi connectivity index (χ3n) is 3.49. The Morgan fingerprint density at radius 2 is 1.96 bits per heavy atom. The van der Waals surface area contributed by atoms with Gasteiger partial charge in [-0.25, -0.2) is 0 Å². The monoisotopic (exact) mass is 371 g/mol. The Hall–Kier alpha value is -2.31. The molecule has 6 heteroatoms. The maximum Gasteiger partial charge on any atom is 0.283 e. The van der Waals surface area contributed by atoms with E-state index in [2.05, 4.69) is 23.5 Å². The van der Waals surface area contributed by atoms with Gasteiger partial charge in [-0.15, -0.1) is 11.3 Å². The van der Waals surface area contributed by atoms with Crippen LogP contribution in [0.25, 0.3) is 20.5 Å². The number of thioether (sulfide) groups is 1. The minimum absolute atomic E-state index is 0.145. The molecule has 0 saturated carbocycles. The van der Waals surface area contributed by atoms with Gasteiger partial charge in [-0.2, -0.15) is 0 Å². The maximum absolute atomic E-state index is 11.6. The molecule has 0 spiro atoms. The molecule has 3 rings (SSSR count). The van der Waals surface area contributed by atoms with Crippen molar-refractivity contribution in [3.05, 3.63) is 48.0 Å². The summed E-state index contributed by atoms with van der Waals surface area (Å²) in [5, 5.41) is 11.4. The highest BCUT2D eigenvalue weighted by molar-refractivity contribution is 8.13. The Morgan fingerprint density at radius 1 is 1.24 bits per heavy atom. The molecule has 0 aliphatic rings. The summed E-state index contributed by atoms with van der Waals surface area (Å²) in [6, 6.07) is 13.8. The van der Waals surface area contributed by atoms with Crippen LogP contribution >= 0.6 is 23.1 Å². The number of benzene rings is 2. The van der Waals surface area contributed by atoms with Gasteiger partial charge in [-0.05, 0) is 35.9 Å². The van der Waals surface area contributed by atoms with Crippen LogP contribution in [-0.4, -0.2) is 17.7 Å². The van der Waals surface area contributed by atoms with E-state index in [9.17, 15) is 4.79 Å². The summed E-state index contributed by atoms with van der Waals surface area (Å²) < 4.78 is 1.18. The van der Waals surface area contributed by atoms with Crippen LogP contribution in [0.4, 0.5) is 16.2 Å². The normalized spacial score (nSPS) is 10.0. The van der Waals surface area contributed by atoms with Gasteiger partial charge in [0.25, 0.3) is 5.24 Å². The van der Waals surface area contributed by atoms with Gasteiger partial charge in [0.05, 0.1) is 0 Å². The van der Waals surface area contributed by atoms with E-state index in [-0.39, 0.29) is 5.24 Å². The SMILES string of the molecule is CC.CSC(=O)Nc1cc(C=N)c(N)c(-c2cc3ccccc3s2)c1. The molecule has 130 valence electrons. The standard InChI is InChI=1S/C17H15N3OS2.C2H6/c1-22-17(21)20-12-6-11(9-18)16(19)13(8-12)15-7-10-4-2-3-5-14(10)23-15;1-2/h2-9,18H,19H2,1H3,(H,20,21);1-2H3. The lowest BCUT2D eigenvalue weighted by Gasteiger charge is -2.11. The van der Waals surface area contributed by atoms with Crippen molar-refractivity contribution in [1.29, 1.82) is 5.41 Å². The fraction of sp³-hybridized carbons (Fsp3) is 0.158. The number of nitrogen functional groups attached to an aromatic ring is 1. The highest BCUT2D eigenvalue weighted by atomic mass is 32.2. The zero-order chi connectivity index (χ0) is 18.4. The van der Waals surface area contributed by atoms with E-state index in [4.69, 9.17) is 11.1 Å².